The van der Waals surface area contributed by atoms with Gasteiger partial charge in [0.1, 0.15) is 0 Å². The predicted molar refractivity (Wildman–Crippen MR) is 49.6 cm³/mol. The third-order valence-corrected chi connectivity index (χ3v) is 1.57. The van der Waals surface area contributed by atoms with Crippen LogP contribution >= 0.6 is 0 Å². The Morgan fingerprint density at radius 1 is 1.67 bits per heavy atom. The monoisotopic (exact) mass is 163 g/mol. The topological polar surface area (TPSA) is 33.1 Å². The normalized spacial score (nSPS) is 12.5. The lowest BCUT2D eigenvalue weighted by Gasteiger charge is -2.06. The molecular formula is C10H13NO. The van der Waals surface area contributed by atoms with E-state index in [1.165, 1.54) is 0 Å². The molecule has 0 bridgehead atoms. The van der Waals surface area contributed by atoms with E-state index < -0.39 is 0 Å². The van der Waals surface area contributed by atoms with E-state index in [2.05, 4.69) is 11.6 Å². The first kappa shape index (κ1) is 8.94. The number of aliphatic hydroxyl groups is 1. The van der Waals surface area contributed by atoms with Crippen molar-refractivity contribution in [2.45, 2.75) is 19.4 Å². The lowest BCUT2D eigenvalue weighted by Crippen LogP contribution is -2.00. The van der Waals surface area contributed by atoms with Gasteiger partial charge in [0.25, 0.3) is 0 Å². The van der Waals surface area contributed by atoms with Gasteiger partial charge in [0, 0.05) is 6.20 Å². The van der Waals surface area contributed by atoms with Crippen molar-refractivity contribution in [2.75, 3.05) is 0 Å². The van der Waals surface area contributed by atoms with Crippen LogP contribution in [0.5, 0.6) is 0 Å². The molecule has 1 N–H and O–H groups in total. The standard InChI is InChI=1S/C10H13NO/c1-8(7-9(2)12)10-5-3-4-6-11-10/h3-6,9,12H,1,7H2,2H3. The molecule has 12 heavy (non-hydrogen) atoms. The van der Waals surface area contributed by atoms with Gasteiger partial charge in [0.2, 0.25) is 0 Å². The highest BCUT2D eigenvalue weighted by molar-refractivity contribution is 5.59. The summed E-state index contributed by atoms with van der Waals surface area (Å²) in [5.74, 6) is 0. The molecule has 0 amide bonds. The summed E-state index contributed by atoms with van der Waals surface area (Å²) in [5.41, 5.74) is 1.74. The van der Waals surface area contributed by atoms with Crippen molar-refractivity contribution >= 4 is 5.57 Å². The Hall–Kier alpha value is -1.15. The van der Waals surface area contributed by atoms with Crippen molar-refractivity contribution in [3.05, 3.63) is 36.7 Å². The molecule has 1 rings (SSSR count). The zero-order chi connectivity index (χ0) is 8.97. The van der Waals surface area contributed by atoms with Gasteiger partial charge < -0.3 is 5.11 Å². The van der Waals surface area contributed by atoms with E-state index in [-0.39, 0.29) is 6.10 Å². The molecule has 0 aliphatic rings. The number of aromatic nitrogens is 1. The number of pyridine rings is 1. The van der Waals surface area contributed by atoms with Crippen LogP contribution < -0.4 is 0 Å². The average molecular weight is 163 g/mol. The lowest BCUT2D eigenvalue weighted by molar-refractivity contribution is 0.201. The van der Waals surface area contributed by atoms with E-state index in [1.54, 1.807) is 13.1 Å². The van der Waals surface area contributed by atoms with Crippen LogP contribution in [0.25, 0.3) is 5.57 Å². The smallest absolute Gasteiger partial charge is 0.0656 e. The van der Waals surface area contributed by atoms with Crippen molar-refractivity contribution in [2.24, 2.45) is 0 Å². The van der Waals surface area contributed by atoms with Crippen LogP contribution in [-0.2, 0) is 0 Å². The summed E-state index contributed by atoms with van der Waals surface area (Å²) >= 11 is 0. The minimum atomic E-state index is -0.348. The lowest BCUT2D eigenvalue weighted by atomic mass is 10.1. The molecule has 0 fully saturated rings. The number of nitrogens with zero attached hydrogens (tertiary/aromatic N) is 1. The highest BCUT2D eigenvalue weighted by atomic mass is 16.3. The maximum atomic E-state index is 9.10. The maximum absolute atomic E-state index is 9.10. The molecule has 1 heterocycles. The molecule has 0 saturated heterocycles. The Balaban J connectivity index is 2.66. The van der Waals surface area contributed by atoms with Gasteiger partial charge in [-0.3, -0.25) is 4.98 Å². The van der Waals surface area contributed by atoms with Gasteiger partial charge in [0.05, 0.1) is 11.8 Å². The first-order chi connectivity index (χ1) is 5.70. The van der Waals surface area contributed by atoms with E-state index in [4.69, 9.17) is 5.11 Å². The molecule has 2 nitrogen and oxygen atoms in total. The number of hydrogen-bond donors (Lipinski definition) is 1. The van der Waals surface area contributed by atoms with E-state index in [9.17, 15) is 0 Å². The maximum Gasteiger partial charge on any atom is 0.0656 e. The SMILES string of the molecule is C=C(CC(C)O)c1ccccn1. The van der Waals surface area contributed by atoms with Crippen molar-refractivity contribution in [3.63, 3.8) is 0 Å². The van der Waals surface area contributed by atoms with E-state index in [0.717, 1.165) is 11.3 Å². The van der Waals surface area contributed by atoms with Gasteiger partial charge in [-0.2, -0.15) is 0 Å². The van der Waals surface area contributed by atoms with Crippen LogP contribution in [0, 0.1) is 0 Å². The first-order valence-electron chi connectivity index (χ1n) is 3.97. The molecule has 1 unspecified atom stereocenters. The molecule has 1 aromatic rings. The second kappa shape index (κ2) is 4.02. The fourth-order valence-corrected chi connectivity index (χ4v) is 1.03. The van der Waals surface area contributed by atoms with Crippen molar-refractivity contribution in [1.29, 1.82) is 0 Å². The Morgan fingerprint density at radius 3 is 2.92 bits per heavy atom. The van der Waals surface area contributed by atoms with Gasteiger partial charge in [-0.1, -0.05) is 12.6 Å². The zero-order valence-corrected chi connectivity index (χ0v) is 7.20. The molecule has 0 saturated carbocycles. The number of hydrogen-bond acceptors (Lipinski definition) is 2. The molecule has 0 aromatic carbocycles. The van der Waals surface area contributed by atoms with Gasteiger partial charge in [-0.05, 0) is 31.1 Å². The van der Waals surface area contributed by atoms with Crippen LogP contribution in [0.1, 0.15) is 19.0 Å². The molecule has 64 valence electrons. The van der Waals surface area contributed by atoms with E-state index in [0.29, 0.717) is 6.42 Å². The fourth-order valence-electron chi connectivity index (χ4n) is 1.03. The average Bonchev–Trinajstić information content (AvgIpc) is 2.05. The zero-order valence-electron chi connectivity index (χ0n) is 7.20. The Labute approximate surface area is 72.6 Å². The van der Waals surface area contributed by atoms with Crippen molar-refractivity contribution in [1.82, 2.24) is 4.98 Å². The molecule has 0 spiro atoms. The van der Waals surface area contributed by atoms with Gasteiger partial charge in [-0.15, -0.1) is 0 Å². The minimum Gasteiger partial charge on any atom is -0.393 e. The number of aliphatic hydroxyl groups excluding tert-OH is 1. The third kappa shape index (κ3) is 2.47. The molecule has 2 heteroatoms. The molecule has 0 aliphatic carbocycles. The quantitative estimate of drug-likeness (QED) is 0.737. The fraction of sp³-hybridized carbons (Fsp3) is 0.300. The summed E-state index contributed by atoms with van der Waals surface area (Å²) in [5, 5.41) is 9.10. The summed E-state index contributed by atoms with van der Waals surface area (Å²) in [6, 6.07) is 5.67. The van der Waals surface area contributed by atoms with Crippen LogP contribution in [0.2, 0.25) is 0 Å². The third-order valence-electron chi connectivity index (χ3n) is 1.57. The predicted octanol–water partition coefficient (Wildman–Crippen LogP) is 1.87. The first-order valence-corrected chi connectivity index (χ1v) is 3.97. The highest BCUT2D eigenvalue weighted by Gasteiger charge is 2.02. The summed E-state index contributed by atoms with van der Waals surface area (Å²) in [4.78, 5) is 4.12. The van der Waals surface area contributed by atoms with Crippen LogP contribution in [0.4, 0.5) is 0 Å². The summed E-state index contributed by atoms with van der Waals surface area (Å²) in [6.45, 7) is 5.59. The van der Waals surface area contributed by atoms with Gasteiger partial charge >= 0.3 is 0 Å². The van der Waals surface area contributed by atoms with Gasteiger partial charge in [-0.25, -0.2) is 0 Å². The summed E-state index contributed by atoms with van der Waals surface area (Å²) in [6.07, 6.45) is 1.96. The Kier molecular flexibility index (Phi) is 3.00. The van der Waals surface area contributed by atoms with Crippen LogP contribution in [0.3, 0.4) is 0 Å². The molecular weight excluding hydrogens is 150 g/mol. The molecule has 1 atom stereocenters. The summed E-state index contributed by atoms with van der Waals surface area (Å²) in [7, 11) is 0. The van der Waals surface area contributed by atoms with Crippen molar-refractivity contribution < 1.29 is 5.11 Å². The van der Waals surface area contributed by atoms with E-state index >= 15 is 0 Å². The molecule has 0 aliphatic heterocycles. The van der Waals surface area contributed by atoms with Crippen molar-refractivity contribution in [3.8, 4) is 0 Å². The Bertz CT molecular complexity index is 254. The van der Waals surface area contributed by atoms with Gasteiger partial charge in [0.15, 0.2) is 0 Å². The molecule has 0 radical (unpaired) electrons. The highest BCUT2D eigenvalue weighted by Crippen LogP contribution is 2.14. The number of rotatable bonds is 3. The second-order valence-corrected chi connectivity index (χ2v) is 2.87. The molecule has 1 aromatic heterocycles. The largest absolute Gasteiger partial charge is 0.393 e. The minimum absolute atomic E-state index is 0.348. The van der Waals surface area contributed by atoms with Crippen LogP contribution in [0.15, 0.2) is 31.0 Å². The van der Waals surface area contributed by atoms with E-state index in [1.807, 2.05) is 18.2 Å². The van der Waals surface area contributed by atoms with Crippen LogP contribution in [-0.4, -0.2) is 16.2 Å². The second-order valence-electron chi connectivity index (χ2n) is 2.87. The Morgan fingerprint density at radius 2 is 2.42 bits per heavy atom. The summed E-state index contributed by atoms with van der Waals surface area (Å²) < 4.78 is 0.